The molecule has 1 aliphatic carbocycles. The number of para-hydroxylation sites is 3. The molecule has 6 rings (SSSR count). The van der Waals surface area contributed by atoms with Crippen LogP contribution in [0.3, 0.4) is 0 Å². The minimum absolute atomic E-state index is 0.0412. The molecule has 0 saturated heterocycles. The number of allylic oxidation sites excluding steroid dienone is 1. The standard InChI is InChI=1S/C34H30N2O3/c1-23(37)36-30-18-10-9-17-28(30)35-29-20-26(25-14-6-3-7-15-25)21-31(38)33(29)34(36)27-16-8-11-19-32(27)39-22-24-12-4-2-5-13-24/h2-19,26,34-35H,20-22H2,1H3. The number of ether oxygens (including phenoxy) is 1. The first kappa shape index (κ1) is 24.7. The average molecular weight is 515 g/mol. The fourth-order valence-corrected chi connectivity index (χ4v) is 5.77. The molecule has 2 aliphatic rings. The highest BCUT2D eigenvalue weighted by molar-refractivity contribution is 6.06. The van der Waals surface area contributed by atoms with Crippen molar-refractivity contribution in [2.45, 2.75) is 38.3 Å². The third-order valence-corrected chi connectivity index (χ3v) is 7.55. The number of hydrogen-bond acceptors (Lipinski definition) is 4. The van der Waals surface area contributed by atoms with Crippen molar-refractivity contribution in [3.63, 3.8) is 0 Å². The summed E-state index contributed by atoms with van der Waals surface area (Å²) in [6.07, 6.45) is 1.06. The molecular weight excluding hydrogens is 484 g/mol. The van der Waals surface area contributed by atoms with Crippen molar-refractivity contribution >= 4 is 23.1 Å². The molecule has 2 atom stereocenters. The monoisotopic (exact) mass is 514 g/mol. The van der Waals surface area contributed by atoms with Gasteiger partial charge < -0.3 is 10.1 Å². The first-order valence-electron chi connectivity index (χ1n) is 13.3. The molecule has 4 aromatic rings. The Labute approximate surface area is 228 Å². The maximum Gasteiger partial charge on any atom is 0.224 e. The molecule has 0 bridgehead atoms. The van der Waals surface area contributed by atoms with Gasteiger partial charge in [-0.05, 0) is 41.7 Å². The Morgan fingerprint density at radius 3 is 2.28 bits per heavy atom. The summed E-state index contributed by atoms with van der Waals surface area (Å²) < 4.78 is 6.35. The number of benzene rings is 4. The minimum Gasteiger partial charge on any atom is -0.489 e. The van der Waals surface area contributed by atoms with Gasteiger partial charge in [0.1, 0.15) is 12.4 Å². The van der Waals surface area contributed by atoms with Gasteiger partial charge in [0.2, 0.25) is 5.91 Å². The number of amides is 1. The molecule has 0 aromatic heterocycles. The maximum absolute atomic E-state index is 14.1. The minimum atomic E-state index is -0.621. The molecule has 2 unspecified atom stereocenters. The Hall–Kier alpha value is -4.64. The van der Waals surface area contributed by atoms with E-state index in [-0.39, 0.29) is 17.6 Å². The lowest BCUT2D eigenvalue weighted by Crippen LogP contribution is -2.37. The first-order chi connectivity index (χ1) is 19.1. The van der Waals surface area contributed by atoms with Crippen molar-refractivity contribution in [3.8, 4) is 5.75 Å². The largest absolute Gasteiger partial charge is 0.489 e. The molecule has 5 heteroatoms. The quantitative estimate of drug-likeness (QED) is 0.306. The first-order valence-corrected chi connectivity index (χ1v) is 13.3. The lowest BCUT2D eigenvalue weighted by Gasteiger charge is -2.35. The second-order valence-corrected chi connectivity index (χ2v) is 10.1. The van der Waals surface area contributed by atoms with E-state index in [1.165, 1.54) is 0 Å². The lowest BCUT2D eigenvalue weighted by molar-refractivity contribution is -0.117. The van der Waals surface area contributed by atoms with Gasteiger partial charge in [-0.3, -0.25) is 14.5 Å². The smallest absolute Gasteiger partial charge is 0.224 e. The van der Waals surface area contributed by atoms with Gasteiger partial charge in [0, 0.05) is 30.2 Å². The third-order valence-electron chi connectivity index (χ3n) is 7.55. The van der Waals surface area contributed by atoms with Crippen LogP contribution >= 0.6 is 0 Å². The normalized spacial score (nSPS) is 18.5. The summed E-state index contributed by atoms with van der Waals surface area (Å²) >= 11 is 0. The predicted molar refractivity (Wildman–Crippen MR) is 154 cm³/mol. The van der Waals surface area contributed by atoms with Gasteiger partial charge in [0.05, 0.1) is 17.4 Å². The number of fused-ring (bicyclic) bond motifs is 1. The maximum atomic E-state index is 14.1. The fraction of sp³-hybridized carbons (Fsp3) is 0.176. The molecule has 0 radical (unpaired) electrons. The van der Waals surface area contributed by atoms with Crippen LogP contribution in [0.5, 0.6) is 5.75 Å². The summed E-state index contributed by atoms with van der Waals surface area (Å²) in [5, 5.41) is 3.58. The van der Waals surface area contributed by atoms with Crippen LogP contribution in [0.2, 0.25) is 0 Å². The van der Waals surface area contributed by atoms with Gasteiger partial charge in [0.25, 0.3) is 0 Å². The number of anilines is 2. The van der Waals surface area contributed by atoms with Crippen LogP contribution in [0.15, 0.2) is 120 Å². The van der Waals surface area contributed by atoms with Crippen molar-refractivity contribution < 1.29 is 14.3 Å². The van der Waals surface area contributed by atoms with Crippen LogP contribution < -0.4 is 15.0 Å². The van der Waals surface area contributed by atoms with Crippen LogP contribution in [0.25, 0.3) is 0 Å². The van der Waals surface area contributed by atoms with Gasteiger partial charge >= 0.3 is 0 Å². The number of carbonyl (C=O) groups is 2. The summed E-state index contributed by atoms with van der Waals surface area (Å²) in [6, 6.07) is 35.1. The second-order valence-electron chi connectivity index (χ2n) is 10.1. The molecule has 5 nitrogen and oxygen atoms in total. The van der Waals surface area contributed by atoms with Crippen LogP contribution in [-0.2, 0) is 16.2 Å². The van der Waals surface area contributed by atoms with Crippen LogP contribution in [-0.4, -0.2) is 11.7 Å². The Bertz CT molecular complexity index is 1550. The molecule has 194 valence electrons. The molecule has 39 heavy (non-hydrogen) atoms. The van der Waals surface area contributed by atoms with Gasteiger partial charge in [-0.1, -0.05) is 91.0 Å². The fourth-order valence-electron chi connectivity index (χ4n) is 5.77. The zero-order valence-electron chi connectivity index (χ0n) is 21.8. The third kappa shape index (κ3) is 4.84. The Balaban J connectivity index is 1.49. The number of ketones is 1. The van der Waals surface area contributed by atoms with Crippen molar-refractivity contribution in [1.82, 2.24) is 0 Å². The number of nitrogens with one attached hydrogen (secondary N) is 1. The summed E-state index contributed by atoms with van der Waals surface area (Å²) in [5.41, 5.74) is 6.02. The van der Waals surface area contributed by atoms with E-state index in [1.807, 2.05) is 97.1 Å². The van der Waals surface area contributed by atoms with E-state index in [0.29, 0.717) is 30.8 Å². The van der Waals surface area contributed by atoms with E-state index in [0.717, 1.165) is 33.8 Å². The van der Waals surface area contributed by atoms with Crippen LogP contribution in [0.4, 0.5) is 11.4 Å². The highest BCUT2D eigenvalue weighted by Crippen LogP contribution is 2.48. The summed E-state index contributed by atoms with van der Waals surface area (Å²) in [5.74, 6) is 0.617. The van der Waals surface area contributed by atoms with Gasteiger partial charge in [-0.2, -0.15) is 0 Å². The van der Waals surface area contributed by atoms with Crippen LogP contribution in [0, 0.1) is 0 Å². The molecule has 1 heterocycles. The van der Waals surface area contributed by atoms with E-state index < -0.39 is 6.04 Å². The molecule has 0 fully saturated rings. The molecule has 0 saturated carbocycles. The molecule has 0 spiro atoms. The summed E-state index contributed by atoms with van der Waals surface area (Å²) in [7, 11) is 0. The number of carbonyl (C=O) groups excluding carboxylic acids is 2. The molecule has 1 aliphatic heterocycles. The van der Waals surface area contributed by atoms with Crippen molar-refractivity contribution in [1.29, 1.82) is 0 Å². The van der Waals surface area contributed by atoms with Gasteiger partial charge in [-0.25, -0.2) is 0 Å². The average Bonchev–Trinajstić information content (AvgIpc) is 3.12. The number of rotatable bonds is 5. The highest BCUT2D eigenvalue weighted by atomic mass is 16.5. The van der Waals surface area contributed by atoms with Crippen LogP contribution in [0.1, 0.15) is 48.4 Å². The number of Topliss-reactive ketones (excluding diaryl/α,β-unsaturated/α-hetero) is 1. The van der Waals surface area contributed by atoms with Crippen molar-refractivity contribution in [2.75, 3.05) is 10.2 Å². The Morgan fingerprint density at radius 1 is 0.846 bits per heavy atom. The van der Waals surface area contributed by atoms with E-state index in [4.69, 9.17) is 4.74 Å². The van der Waals surface area contributed by atoms with E-state index in [9.17, 15) is 9.59 Å². The lowest BCUT2D eigenvalue weighted by atomic mass is 9.78. The Morgan fingerprint density at radius 2 is 1.51 bits per heavy atom. The second kappa shape index (κ2) is 10.6. The van der Waals surface area contributed by atoms with Crippen molar-refractivity contribution in [3.05, 3.63) is 137 Å². The zero-order chi connectivity index (χ0) is 26.8. The SMILES string of the molecule is CC(=O)N1c2ccccc2NC2=C(C(=O)CC(c3ccccc3)C2)C1c1ccccc1OCc1ccccc1. The molecular formula is C34H30N2O3. The van der Waals surface area contributed by atoms with Gasteiger partial charge in [-0.15, -0.1) is 0 Å². The highest BCUT2D eigenvalue weighted by Gasteiger charge is 2.41. The summed E-state index contributed by atoms with van der Waals surface area (Å²) in [4.78, 5) is 29.2. The molecule has 1 N–H and O–H groups in total. The topological polar surface area (TPSA) is 58.6 Å². The molecule has 1 amide bonds. The van der Waals surface area contributed by atoms with E-state index in [1.54, 1.807) is 11.8 Å². The summed E-state index contributed by atoms with van der Waals surface area (Å²) in [6.45, 7) is 1.94. The predicted octanol–water partition coefficient (Wildman–Crippen LogP) is 7.19. The molecule has 4 aromatic carbocycles. The number of nitrogens with zero attached hydrogens (tertiary/aromatic N) is 1. The number of hydrogen-bond donors (Lipinski definition) is 1. The van der Waals surface area contributed by atoms with Crippen molar-refractivity contribution in [2.24, 2.45) is 0 Å². The van der Waals surface area contributed by atoms with E-state index in [2.05, 4.69) is 17.4 Å². The zero-order valence-corrected chi connectivity index (χ0v) is 21.8. The van der Waals surface area contributed by atoms with E-state index >= 15 is 0 Å². The van der Waals surface area contributed by atoms with Gasteiger partial charge in [0.15, 0.2) is 5.78 Å². The Kier molecular flexibility index (Phi) is 6.72.